The zero-order valence-electron chi connectivity index (χ0n) is 18.2. The van der Waals surface area contributed by atoms with Crippen LogP contribution in [0.2, 0.25) is 0 Å². The molecule has 164 valence electrons. The van der Waals surface area contributed by atoms with Crippen LogP contribution >= 0.6 is 0 Å². The Bertz CT molecular complexity index is 1070. The Kier molecular flexibility index (Phi) is 6.14. The highest BCUT2D eigenvalue weighted by atomic mass is 16.5. The summed E-state index contributed by atoms with van der Waals surface area (Å²) in [6.45, 7) is 5.66. The van der Waals surface area contributed by atoms with Crippen molar-refractivity contribution in [3.8, 4) is 23.0 Å². The van der Waals surface area contributed by atoms with Gasteiger partial charge in [-0.2, -0.15) is 0 Å². The number of rotatable bonds is 6. The van der Waals surface area contributed by atoms with Crippen LogP contribution in [0.5, 0.6) is 11.6 Å². The van der Waals surface area contributed by atoms with E-state index in [9.17, 15) is 14.7 Å². The number of nitrogens with zero attached hydrogens (tertiary/aromatic N) is 3. The number of hydrogen-bond acceptors (Lipinski definition) is 8. The molecule has 31 heavy (non-hydrogen) atoms. The van der Waals surface area contributed by atoms with Gasteiger partial charge >= 0.3 is 11.9 Å². The molecule has 0 bridgehead atoms. The summed E-state index contributed by atoms with van der Waals surface area (Å²) in [5.41, 5.74) is 0.984. The van der Waals surface area contributed by atoms with E-state index in [0.717, 1.165) is 5.56 Å². The Balaban J connectivity index is 1.87. The van der Waals surface area contributed by atoms with E-state index in [2.05, 4.69) is 15.3 Å². The highest BCUT2D eigenvalue weighted by Crippen LogP contribution is 2.44. The lowest BCUT2D eigenvalue weighted by atomic mass is 9.97. The summed E-state index contributed by atoms with van der Waals surface area (Å²) in [6.07, 6.45) is 2.07. The zero-order valence-corrected chi connectivity index (χ0v) is 18.2. The van der Waals surface area contributed by atoms with Crippen molar-refractivity contribution in [2.24, 2.45) is 5.41 Å². The SMILES string of the molecule is CNc1nc2ncn(CCc3ccc(C(=O)OC)cc3)c(O)c-2c1OC(=O)C(C)(C)C. The molecule has 9 nitrogen and oxygen atoms in total. The summed E-state index contributed by atoms with van der Waals surface area (Å²) in [7, 11) is 2.99. The summed E-state index contributed by atoms with van der Waals surface area (Å²) in [6, 6.07) is 7.04. The first kappa shape index (κ1) is 22.1. The highest BCUT2D eigenvalue weighted by Gasteiger charge is 2.31. The van der Waals surface area contributed by atoms with E-state index in [1.165, 1.54) is 13.4 Å². The monoisotopic (exact) mass is 426 g/mol. The van der Waals surface area contributed by atoms with Crippen molar-refractivity contribution >= 4 is 17.8 Å². The van der Waals surface area contributed by atoms with Gasteiger partial charge in [0.05, 0.1) is 24.4 Å². The van der Waals surface area contributed by atoms with Crippen LogP contribution in [0.25, 0.3) is 11.4 Å². The molecule has 0 aliphatic carbocycles. The van der Waals surface area contributed by atoms with Gasteiger partial charge in [-0.15, -0.1) is 0 Å². The number of nitrogens with one attached hydrogen (secondary N) is 1. The number of benzene rings is 1. The lowest BCUT2D eigenvalue weighted by Gasteiger charge is -2.18. The number of carbonyl (C=O) groups is 2. The van der Waals surface area contributed by atoms with Crippen molar-refractivity contribution in [2.75, 3.05) is 19.5 Å². The molecule has 0 aromatic heterocycles. The van der Waals surface area contributed by atoms with E-state index in [1.807, 2.05) is 12.1 Å². The van der Waals surface area contributed by atoms with Gasteiger partial charge in [-0.3, -0.25) is 4.79 Å². The molecule has 0 saturated heterocycles. The number of esters is 2. The Morgan fingerprint density at radius 2 is 1.87 bits per heavy atom. The van der Waals surface area contributed by atoms with Crippen molar-refractivity contribution in [1.29, 1.82) is 0 Å². The minimum absolute atomic E-state index is 0.0955. The number of aryl methyl sites for hydroxylation is 2. The third-order valence-corrected chi connectivity index (χ3v) is 4.76. The Labute approximate surface area is 180 Å². The van der Waals surface area contributed by atoms with E-state index in [-0.39, 0.29) is 23.0 Å². The Morgan fingerprint density at radius 3 is 2.45 bits per heavy atom. The van der Waals surface area contributed by atoms with E-state index in [1.54, 1.807) is 44.5 Å². The molecule has 2 heterocycles. The minimum Gasteiger partial charge on any atom is -0.494 e. The van der Waals surface area contributed by atoms with Crippen molar-refractivity contribution in [3.63, 3.8) is 0 Å². The lowest BCUT2D eigenvalue weighted by Crippen LogP contribution is -2.25. The second-order valence-corrected chi connectivity index (χ2v) is 8.08. The van der Waals surface area contributed by atoms with Gasteiger partial charge in [0.25, 0.3) is 0 Å². The molecule has 0 spiro atoms. The molecule has 0 amide bonds. The van der Waals surface area contributed by atoms with Crippen LogP contribution in [0.3, 0.4) is 0 Å². The number of ether oxygens (including phenoxy) is 2. The standard InChI is InChI=1S/C22H26N4O5/c1-22(2,3)21(29)31-16-15-17(25-18(16)23-4)24-12-26(19(15)27)11-10-13-6-8-14(9-7-13)20(28)30-5/h6-9,12,23,27H,10-11H2,1-5H3. The first-order valence-corrected chi connectivity index (χ1v) is 9.80. The quantitative estimate of drug-likeness (QED) is 0.578. The molecule has 2 N–H and O–H groups in total. The summed E-state index contributed by atoms with van der Waals surface area (Å²) in [5.74, 6) is -0.182. The first-order chi connectivity index (χ1) is 14.7. The van der Waals surface area contributed by atoms with Gasteiger partial charge in [-0.1, -0.05) is 12.1 Å². The molecular formula is C22H26N4O5. The largest absolute Gasteiger partial charge is 0.494 e. The van der Waals surface area contributed by atoms with Gasteiger partial charge in [0, 0.05) is 13.6 Å². The molecule has 3 rings (SSSR count). The number of hydrogen-bond donors (Lipinski definition) is 2. The number of fused-ring (bicyclic) bond motifs is 1. The molecule has 2 aliphatic rings. The maximum atomic E-state index is 12.4. The number of methoxy groups -OCH3 is 1. The molecule has 0 saturated carbocycles. The van der Waals surface area contributed by atoms with E-state index >= 15 is 0 Å². The molecule has 0 radical (unpaired) electrons. The molecule has 0 atom stereocenters. The van der Waals surface area contributed by atoms with Crippen LogP contribution in [0, 0.1) is 5.41 Å². The highest BCUT2D eigenvalue weighted by molar-refractivity contribution is 5.89. The van der Waals surface area contributed by atoms with Crippen LogP contribution < -0.4 is 10.1 Å². The van der Waals surface area contributed by atoms with Crippen molar-refractivity contribution in [1.82, 2.24) is 14.5 Å². The minimum atomic E-state index is -0.723. The third kappa shape index (κ3) is 4.60. The van der Waals surface area contributed by atoms with Gasteiger partial charge in [-0.25, -0.2) is 14.8 Å². The maximum absolute atomic E-state index is 12.4. The Hall–Kier alpha value is -3.62. The molecular weight excluding hydrogens is 400 g/mol. The first-order valence-electron chi connectivity index (χ1n) is 9.80. The van der Waals surface area contributed by atoms with E-state index in [4.69, 9.17) is 9.47 Å². The van der Waals surface area contributed by atoms with Crippen LogP contribution in [-0.2, 0) is 22.5 Å². The van der Waals surface area contributed by atoms with Crippen LogP contribution in [0.4, 0.5) is 5.82 Å². The maximum Gasteiger partial charge on any atom is 0.337 e. The number of anilines is 1. The topological polar surface area (TPSA) is 116 Å². The smallest absolute Gasteiger partial charge is 0.337 e. The van der Waals surface area contributed by atoms with Gasteiger partial charge in [-0.05, 0) is 44.9 Å². The fourth-order valence-electron chi connectivity index (χ4n) is 2.90. The average Bonchev–Trinajstić information content (AvgIpc) is 3.10. The summed E-state index contributed by atoms with van der Waals surface area (Å²) in [4.78, 5) is 32.6. The summed E-state index contributed by atoms with van der Waals surface area (Å²) >= 11 is 0. The van der Waals surface area contributed by atoms with Gasteiger partial charge < -0.3 is 24.5 Å². The van der Waals surface area contributed by atoms with E-state index < -0.39 is 17.4 Å². The van der Waals surface area contributed by atoms with Gasteiger partial charge in [0.15, 0.2) is 17.4 Å². The molecule has 1 aromatic rings. The number of aromatic nitrogens is 3. The molecule has 9 heteroatoms. The second-order valence-electron chi connectivity index (χ2n) is 8.08. The second kappa shape index (κ2) is 8.63. The van der Waals surface area contributed by atoms with Crippen LogP contribution in [0.15, 0.2) is 30.6 Å². The van der Waals surface area contributed by atoms with Crippen LogP contribution in [-0.4, -0.2) is 45.7 Å². The molecule has 1 aromatic carbocycles. The normalized spacial score (nSPS) is 11.4. The molecule has 0 unspecified atom stereocenters. The average molecular weight is 426 g/mol. The van der Waals surface area contributed by atoms with Crippen molar-refractivity contribution in [2.45, 2.75) is 33.7 Å². The molecule has 2 aliphatic heterocycles. The predicted octanol–water partition coefficient (Wildman–Crippen LogP) is 3.11. The zero-order chi connectivity index (χ0) is 22.8. The van der Waals surface area contributed by atoms with Crippen molar-refractivity contribution in [3.05, 3.63) is 41.7 Å². The molecule has 0 fully saturated rings. The third-order valence-electron chi connectivity index (χ3n) is 4.76. The Morgan fingerprint density at radius 1 is 1.19 bits per heavy atom. The predicted molar refractivity (Wildman–Crippen MR) is 114 cm³/mol. The number of aromatic hydroxyl groups is 1. The summed E-state index contributed by atoms with van der Waals surface area (Å²) in [5, 5.41) is 13.8. The fourth-order valence-corrected chi connectivity index (χ4v) is 2.90. The van der Waals surface area contributed by atoms with E-state index in [0.29, 0.717) is 24.3 Å². The summed E-state index contributed by atoms with van der Waals surface area (Å²) < 4.78 is 11.8. The van der Waals surface area contributed by atoms with Gasteiger partial charge in [0.2, 0.25) is 5.88 Å². The lowest BCUT2D eigenvalue weighted by molar-refractivity contribution is -0.142. The van der Waals surface area contributed by atoms with Crippen LogP contribution in [0.1, 0.15) is 36.7 Å². The van der Waals surface area contributed by atoms with Crippen molar-refractivity contribution < 1.29 is 24.2 Å². The number of carbonyl (C=O) groups excluding carboxylic acids is 2. The van der Waals surface area contributed by atoms with Gasteiger partial charge in [0.1, 0.15) is 5.56 Å². The fraction of sp³-hybridized carbons (Fsp3) is 0.364.